The van der Waals surface area contributed by atoms with Gasteiger partial charge in [0.25, 0.3) is 0 Å². The van der Waals surface area contributed by atoms with Gasteiger partial charge >= 0.3 is 0 Å². The minimum absolute atomic E-state index is 0.214. The van der Waals surface area contributed by atoms with E-state index in [4.69, 9.17) is 0 Å². The van der Waals surface area contributed by atoms with Crippen LogP contribution in [-0.4, -0.2) is 36.5 Å². The molecule has 0 aromatic heterocycles. The van der Waals surface area contributed by atoms with Gasteiger partial charge in [0.2, 0.25) is 5.91 Å². The zero-order valence-corrected chi connectivity index (χ0v) is 11.8. The maximum Gasteiger partial charge on any atom is 0.220 e. The van der Waals surface area contributed by atoms with E-state index in [0.717, 1.165) is 6.54 Å². The molecule has 3 nitrogen and oxygen atoms in total. The summed E-state index contributed by atoms with van der Waals surface area (Å²) in [5.74, 6) is 1.35. The minimum Gasteiger partial charge on any atom is -0.356 e. The lowest BCUT2D eigenvalue weighted by molar-refractivity contribution is -0.122. The van der Waals surface area contributed by atoms with Gasteiger partial charge in [0.05, 0.1) is 0 Å². The van der Waals surface area contributed by atoms with Gasteiger partial charge in [0.1, 0.15) is 0 Å². The van der Waals surface area contributed by atoms with Crippen molar-refractivity contribution in [2.24, 2.45) is 11.8 Å². The van der Waals surface area contributed by atoms with Crippen LogP contribution in [0.3, 0.4) is 0 Å². The zero-order chi connectivity index (χ0) is 12.8. The highest BCUT2D eigenvalue weighted by atomic mass is 16.1. The highest BCUT2D eigenvalue weighted by molar-refractivity contribution is 5.76. The molecule has 0 spiro atoms. The van der Waals surface area contributed by atoms with E-state index in [9.17, 15) is 4.79 Å². The Balaban J connectivity index is 2.16. The van der Waals surface area contributed by atoms with E-state index in [1.54, 1.807) is 0 Å². The molecule has 1 aliphatic rings. The fourth-order valence-electron chi connectivity index (χ4n) is 2.37. The monoisotopic (exact) mass is 240 g/mol. The number of rotatable bonds is 5. The van der Waals surface area contributed by atoms with E-state index < -0.39 is 0 Å². The second-order valence-electron chi connectivity index (χ2n) is 5.98. The van der Waals surface area contributed by atoms with E-state index in [-0.39, 0.29) is 5.91 Å². The lowest BCUT2D eigenvalue weighted by atomic mass is 9.96. The third-order valence-electron chi connectivity index (χ3n) is 3.56. The summed E-state index contributed by atoms with van der Waals surface area (Å²) in [6, 6.07) is 0.659. The number of nitrogens with zero attached hydrogens (tertiary/aromatic N) is 1. The summed E-state index contributed by atoms with van der Waals surface area (Å²) in [5.41, 5.74) is 0. The van der Waals surface area contributed by atoms with Crippen LogP contribution in [0, 0.1) is 11.8 Å². The standard InChI is InChI=1S/C14H28N2O/c1-11(2)9-14(17)15-10-13-5-7-16(8-6-13)12(3)4/h11-13H,5-10H2,1-4H3,(H,15,17). The predicted octanol–water partition coefficient (Wildman–Crippen LogP) is 2.27. The largest absolute Gasteiger partial charge is 0.356 e. The summed E-state index contributed by atoms with van der Waals surface area (Å²) in [7, 11) is 0. The van der Waals surface area contributed by atoms with Crippen molar-refractivity contribution in [3.63, 3.8) is 0 Å². The van der Waals surface area contributed by atoms with Crippen LogP contribution in [0.15, 0.2) is 0 Å². The SMILES string of the molecule is CC(C)CC(=O)NCC1CCN(C(C)C)CC1. The number of piperidine rings is 1. The van der Waals surface area contributed by atoms with Gasteiger partial charge in [-0.3, -0.25) is 4.79 Å². The molecule has 1 fully saturated rings. The number of hydrogen-bond acceptors (Lipinski definition) is 2. The molecule has 1 N–H and O–H groups in total. The average Bonchev–Trinajstić information content (AvgIpc) is 2.26. The lowest BCUT2D eigenvalue weighted by Gasteiger charge is -2.34. The molecule has 0 unspecified atom stereocenters. The van der Waals surface area contributed by atoms with Gasteiger partial charge in [0, 0.05) is 19.0 Å². The molecule has 0 atom stereocenters. The molecule has 17 heavy (non-hydrogen) atoms. The second-order valence-corrected chi connectivity index (χ2v) is 5.98. The van der Waals surface area contributed by atoms with Crippen molar-refractivity contribution in [1.29, 1.82) is 0 Å². The summed E-state index contributed by atoms with van der Waals surface area (Å²) in [4.78, 5) is 14.1. The van der Waals surface area contributed by atoms with Crippen molar-refractivity contribution >= 4 is 5.91 Å². The Morgan fingerprint density at radius 1 is 1.24 bits per heavy atom. The first-order chi connectivity index (χ1) is 7.99. The molecule has 1 rings (SSSR count). The summed E-state index contributed by atoms with van der Waals surface area (Å²) in [5, 5.41) is 3.07. The lowest BCUT2D eigenvalue weighted by Crippen LogP contribution is -2.41. The highest BCUT2D eigenvalue weighted by Gasteiger charge is 2.21. The highest BCUT2D eigenvalue weighted by Crippen LogP contribution is 2.18. The molecular weight excluding hydrogens is 212 g/mol. The summed E-state index contributed by atoms with van der Waals surface area (Å²) in [6.45, 7) is 11.9. The van der Waals surface area contributed by atoms with Gasteiger partial charge in [-0.15, -0.1) is 0 Å². The van der Waals surface area contributed by atoms with Crippen molar-refractivity contribution in [1.82, 2.24) is 10.2 Å². The van der Waals surface area contributed by atoms with Crippen molar-refractivity contribution < 1.29 is 4.79 Å². The first-order valence-electron chi connectivity index (χ1n) is 6.99. The Morgan fingerprint density at radius 2 is 1.82 bits per heavy atom. The molecule has 0 aliphatic carbocycles. The maximum absolute atomic E-state index is 11.5. The molecule has 0 radical (unpaired) electrons. The van der Waals surface area contributed by atoms with Crippen LogP contribution in [0.1, 0.15) is 47.0 Å². The molecule has 1 aliphatic heterocycles. The van der Waals surface area contributed by atoms with Crippen molar-refractivity contribution in [3.05, 3.63) is 0 Å². The first kappa shape index (κ1) is 14.5. The first-order valence-corrected chi connectivity index (χ1v) is 6.99. The minimum atomic E-state index is 0.214. The van der Waals surface area contributed by atoms with Crippen molar-refractivity contribution in [2.45, 2.75) is 53.0 Å². The summed E-state index contributed by atoms with van der Waals surface area (Å²) in [6.07, 6.45) is 3.10. The van der Waals surface area contributed by atoms with Gasteiger partial charge in [0.15, 0.2) is 0 Å². The van der Waals surface area contributed by atoms with E-state index >= 15 is 0 Å². The van der Waals surface area contributed by atoms with Crippen LogP contribution < -0.4 is 5.32 Å². The van der Waals surface area contributed by atoms with Gasteiger partial charge in [-0.25, -0.2) is 0 Å². The quantitative estimate of drug-likeness (QED) is 0.799. The fraction of sp³-hybridized carbons (Fsp3) is 0.929. The van der Waals surface area contributed by atoms with E-state index in [0.29, 0.717) is 24.3 Å². The van der Waals surface area contributed by atoms with Crippen molar-refractivity contribution in [2.75, 3.05) is 19.6 Å². The Hall–Kier alpha value is -0.570. The third kappa shape index (κ3) is 5.53. The average molecular weight is 240 g/mol. The van der Waals surface area contributed by atoms with E-state index in [1.807, 2.05) is 0 Å². The molecule has 0 bridgehead atoms. The van der Waals surface area contributed by atoms with Crippen LogP contribution in [0.2, 0.25) is 0 Å². The van der Waals surface area contributed by atoms with Gasteiger partial charge < -0.3 is 10.2 Å². The topological polar surface area (TPSA) is 32.3 Å². The molecule has 1 heterocycles. The third-order valence-corrected chi connectivity index (χ3v) is 3.56. The molecule has 0 aromatic carbocycles. The normalized spacial score (nSPS) is 18.9. The van der Waals surface area contributed by atoms with Crippen LogP contribution in [0.4, 0.5) is 0 Å². The number of hydrogen-bond donors (Lipinski definition) is 1. The van der Waals surface area contributed by atoms with Crippen molar-refractivity contribution in [3.8, 4) is 0 Å². The Labute approximate surface area is 106 Å². The second kappa shape index (κ2) is 7.00. The number of amides is 1. The summed E-state index contributed by atoms with van der Waals surface area (Å²) < 4.78 is 0. The van der Waals surface area contributed by atoms with Crippen LogP contribution in [-0.2, 0) is 4.79 Å². The summed E-state index contributed by atoms with van der Waals surface area (Å²) >= 11 is 0. The van der Waals surface area contributed by atoms with Gasteiger partial charge in [-0.05, 0) is 51.6 Å². The molecule has 0 aromatic rings. The number of carbonyl (C=O) groups excluding carboxylic acids is 1. The zero-order valence-electron chi connectivity index (χ0n) is 11.8. The van der Waals surface area contributed by atoms with Gasteiger partial charge in [-0.1, -0.05) is 13.8 Å². The number of likely N-dealkylation sites (tertiary alicyclic amines) is 1. The Morgan fingerprint density at radius 3 is 2.29 bits per heavy atom. The number of nitrogens with one attached hydrogen (secondary N) is 1. The molecule has 3 heteroatoms. The van der Waals surface area contributed by atoms with Crippen LogP contribution in [0.25, 0.3) is 0 Å². The maximum atomic E-state index is 11.5. The Kier molecular flexibility index (Phi) is 5.96. The van der Waals surface area contributed by atoms with Crippen LogP contribution in [0.5, 0.6) is 0 Å². The van der Waals surface area contributed by atoms with Gasteiger partial charge in [-0.2, -0.15) is 0 Å². The fourth-order valence-corrected chi connectivity index (χ4v) is 2.37. The Bertz CT molecular complexity index is 230. The molecule has 1 amide bonds. The van der Waals surface area contributed by atoms with Crippen LogP contribution >= 0.6 is 0 Å². The smallest absolute Gasteiger partial charge is 0.220 e. The molecular formula is C14H28N2O. The van der Waals surface area contributed by atoms with E-state index in [1.165, 1.54) is 25.9 Å². The molecule has 1 saturated heterocycles. The molecule has 100 valence electrons. The predicted molar refractivity (Wildman–Crippen MR) is 71.9 cm³/mol. The molecule has 0 saturated carbocycles. The van der Waals surface area contributed by atoms with E-state index in [2.05, 4.69) is 37.9 Å². The number of carbonyl (C=O) groups is 1.